The van der Waals surface area contributed by atoms with Gasteiger partial charge in [0.1, 0.15) is 0 Å². The first-order chi connectivity index (χ1) is 16.2. The largest absolute Gasteiger partial charge is 0.493 e. The number of ether oxygens (including phenoxy) is 3. The van der Waals surface area contributed by atoms with Crippen LogP contribution in [-0.2, 0) is 11.3 Å². The highest BCUT2D eigenvalue weighted by molar-refractivity contribution is 5.89. The fourth-order valence-corrected chi connectivity index (χ4v) is 3.12. The molecule has 4 rings (SSSR count). The molecule has 0 fully saturated rings. The van der Waals surface area contributed by atoms with Gasteiger partial charge >= 0.3 is 12.0 Å². The number of hydrogen-bond acceptors (Lipinski definition) is 8. The van der Waals surface area contributed by atoms with E-state index in [1.54, 1.807) is 26.2 Å². The number of nitrogens with one attached hydrogen (secondary N) is 1. The van der Waals surface area contributed by atoms with Crippen LogP contribution < -0.4 is 14.8 Å². The number of anilines is 1. The summed E-state index contributed by atoms with van der Waals surface area (Å²) in [4.78, 5) is 11.8. The van der Waals surface area contributed by atoms with E-state index in [0.29, 0.717) is 30.2 Å². The molecule has 0 unspecified atom stereocenters. The number of methoxy groups -OCH3 is 1. The van der Waals surface area contributed by atoms with Gasteiger partial charge in [-0.3, -0.25) is 0 Å². The van der Waals surface area contributed by atoms with Crippen LogP contribution in [0.4, 0.5) is 5.69 Å². The summed E-state index contributed by atoms with van der Waals surface area (Å²) in [5.74, 6) is 0.712. The first-order valence-electron chi connectivity index (χ1n) is 10.4. The van der Waals surface area contributed by atoms with Crippen LogP contribution in [0.25, 0.3) is 5.69 Å². The minimum absolute atomic E-state index is 0.229. The minimum Gasteiger partial charge on any atom is -0.493 e. The Bertz CT molecular complexity index is 1210. The van der Waals surface area contributed by atoms with E-state index in [4.69, 9.17) is 14.2 Å². The molecule has 33 heavy (non-hydrogen) atoms. The third-order valence-electron chi connectivity index (χ3n) is 4.76. The first-order valence-corrected chi connectivity index (χ1v) is 10.4. The van der Waals surface area contributed by atoms with Gasteiger partial charge in [0.05, 0.1) is 25.0 Å². The van der Waals surface area contributed by atoms with Crippen molar-refractivity contribution >= 4 is 11.7 Å². The molecule has 0 aliphatic carbocycles. The predicted octanol–water partition coefficient (Wildman–Crippen LogP) is 4.25. The summed E-state index contributed by atoms with van der Waals surface area (Å²) >= 11 is 0. The number of carbonyl (C=O) groups excluding carboxylic acids is 1. The summed E-state index contributed by atoms with van der Waals surface area (Å²) in [6.07, 6.45) is 0. The Labute approximate surface area is 190 Å². The Morgan fingerprint density at radius 1 is 1.00 bits per heavy atom. The van der Waals surface area contributed by atoms with E-state index >= 15 is 0 Å². The Morgan fingerprint density at radius 2 is 1.79 bits per heavy atom. The van der Waals surface area contributed by atoms with E-state index in [1.165, 1.54) is 4.68 Å². The van der Waals surface area contributed by atoms with Crippen LogP contribution in [0.1, 0.15) is 22.8 Å². The van der Waals surface area contributed by atoms with Gasteiger partial charge in [0.15, 0.2) is 11.5 Å². The van der Waals surface area contributed by atoms with Gasteiger partial charge in [-0.15, -0.1) is 0 Å². The lowest BCUT2D eigenvalue weighted by Crippen LogP contribution is -2.05. The van der Waals surface area contributed by atoms with Crippen LogP contribution in [0.5, 0.6) is 17.5 Å². The Morgan fingerprint density at radius 3 is 2.52 bits per heavy atom. The summed E-state index contributed by atoms with van der Waals surface area (Å²) in [6.45, 7) is 2.68. The number of aromatic nitrogens is 4. The maximum absolute atomic E-state index is 11.8. The van der Waals surface area contributed by atoms with Gasteiger partial charge in [-0.05, 0) is 71.4 Å². The number of carbonyl (C=O) groups is 1. The first kappa shape index (κ1) is 21.8. The van der Waals surface area contributed by atoms with Crippen molar-refractivity contribution in [2.45, 2.75) is 13.5 Å². The lowest BCUT2D eigenvalue weighted by atomic mass is 10.1. The number of nitrogens with zero attached hydrogens (tertiary/aromatic N) is 4. The van der Waals surface area contributed by atoms with E-state index < -0.39 is 0 Å². The van der Waals surface area contributed by atoms with Crippen LogP contribution in [-0.4, -0.2) is 39.9 Å². The summed E-state index contributed by atoms with van der Waals surface area (Å²) in [7, 11) is 1.58. The topological polar surface area (TPSA) is 100 Å². The van der Waals surface area contributed by atoms with Gasteiger partial charge in [-0.25, -0.2) is 4.79 Å². The lowest BCUT2D eigenvalue weighted by molar-refractivity contribution is 0.0526. The fourth-order valence-electron chi connectivity index (χ4n) is 3.12. The third-order valence-corrected chi connectivity index (χ3v) is 4.76. The van der Waals surface area contributed by atoms with E-state index in [9.17, 15) is 4.79 Å². The van der Waals surface area contributed by atoms with Gasteiger partial charge in [0.2, 0.25) is 0 Å². The zero-order valence-electron chi connectivity index (χ0n) is 18.3. The van der Waals surface area contributed by atoms with Crippen LogP contribution >= 0.6 is 0 Å². The van der Waals surface area contributed by atoms with Crippen molar-refractivity contribution < 1.29 is 19.0 Å². The highest BCUT2D eigenvalue weighted by atomic mass is 16.5. The fraction of sp³-hybridized carbons (Fsp3) is 0.167. The standard InChI is InChI=1S/C24H23N5O4/c1-3-32-23(30)18-10-12-19(13-11-18)25-16-17-9-14-21(22(15-17)31-2)33-24-26-27-28-29(24)20-7-5-4-6-8-20/h4-15,25H,3,16H2,1-2H3. The second-order valence-electron chi connectivity index (χ2n) is 6.95. The molecule has 168 valence electrons. The zero-order chi connectivity index (χ0) is 23.0. The van der Waals surface area contributed by atoms with E-state index in [2.05, 4.69) is 20.8 Å². The van der Waals surface area contributed by atoms with Gasteiger partial charge in [-0.2, -0.15) is 4.68 Å². The molecule has 0 atom stereocenters. The highest BCUT2D eigenvalue weighted by Crippen LogP contribution is 2.32. The van der Waals surface area contributed by atoms with Gasteiger partial charge in [-0.1, -0.05) is 29.4 Å². The molecule has 0 aliphatic heterocycles. The maximum atomic E-state index is 11.8. The van der Waals surface area contributed by atoms with Gasteiger partial charge < -0.3 is 19.5 Å². The van der Waals surface area contributed by atoms with E-state index in [0.717, 1.165) is 16.9 Å². The van der Waals surface area contributed by atoms with E-state index in [1.807, 2.05) is 60.7 Å². The third kappa shape index (κ3) is 5.27. The van der Waals surface area contributed by atoms with Crippen LogP contribution in [0.15, 0.2) is 72.8 Å². The van der Waals surface area contributed by atoms with Crippen LogP contribution in [0, 0.1) is 0 Å². The zero-order valence-corrected chi connectivity index (χ0v) is 18.3. The molecule has 3 aromatic carbocycles. The van der Waals surface area contributed by atoms with Crippen molar-refractivity contribution in [1.82, 2.24) is 20.2 Å². The summed E-state index contributed by atoms with van der Waals surface area (Å²) < 4.78 is 18.0. The number of esters is 1. The van der Waals surface area contributed by atoms with Crippen molar-refractivity contribution in [1.29, 1.82) is 0 Å². The molecule has 1 aromatic heterocycles. The molecule has 0 bridgehead atoms. The van der Waals surface area contributed by atoms with Crippen molar-refractivity contribution in [3.63, 3.8) is 0 Å². The van der Waals surface area contributed by atoms with Crippen molar-refractivity contribution in [2.75, 3.05) is 19.0 Å². The Balaban J connectivity index is 1.44. The van der Waals surface area contributed by atoms with Crippen molar-refractivity contribution in [3.05, 3.63) is 83.9 Å². The number of hydrogen-bond donors (Lipinski definition) is 1. The lowest BCUT2D eigenvalue weighted by Gasteiger charge is -2.12. The molecule has 0 aliphatic rings. The van der Waals surface area contributed by atoms with Crippen molar-refractivity contribution in [3.8, 4) is 23.2 Å². The summed E-state index contributed by atoms with van der Waals surface area (Å²) in [5.41, 5.74) is 3.16. The highest BCUT2D eigenvalue weighted by Gasteiger charge is 2.14. The molecule has 0 spiro atoms. The van der Waals surface area contributed by atoms with Gasteiger partial charge in [0.25, 0.3) is 0 Å². The summed E-state index contributed by atoms with van der Waals surface area (Å²) in [5, 5.41) is 15.0. The second kappa shape index (κ2) is 10.3. The number of tetrazole rings is 1. The Hall–Kier alpha value is -4.40. The summed E-state index contributed by atoms with van der Waals surface area (Å²) in [6, 6.07) is 22.5. The molecule has 9 nitrogen and oxygen atoms in total. The number of rotatable bonds is 9. The average Bonchev–Trinajstić information content (AvgIpc) is 3.32. The van der Waals surface area contributed by atoms with E-state index in [-0.39, 0.29) is 12.0 Å². The monoisotopic (exact) mass is 445 g/mol. The molecule has 1 heterocycles. The average molecular weight is 445 g/mol. The van der Waals surface area contributed by atoms with Crippen LogP contribution in [0.2, 0.25) is 0 Å². The molecule has 0 radical (unpaired) electrons. The van der Waals surface area contributed by atoms with Gasteiger partial charge in [0, 0.05) is 12.2 Å². The predicted molar refractivity (Wildman–Crippen MR) is 122 cm³/mol. The molecule has 1 N–H and O–H groups in total. The SMILES string of the molecule is CCOC(=O)c1ccc(NCc2ccc(Oc3nnnn3-c3ccccc3)c(OC)c2)cc1. The van der Waals surface area contributed by atoms with Crippen molar-refractivity contribution in [2.24, 2.45) is 0 Å². The molecule has 0 saturated heterocycles. The number of para-hydroxylation sites is 1. The van der Waals surface area contributed by atoms with Crippen LogP contribution in [0.3, 0.4) is 0 Å². The normalized spacial score (nSPS) is 10.5. The maximum Gasteiger partial charge on any atom is 0.346 e. The molecule has 0 saturated carbocycles. The Kier molecular flexibility index (Phi) is 6.79. The molecule has 4 aromatic rings. The molecular formula is C24H23N5O4. The minimum atomic E-state index is -0.331. The molecular weight excluding hydrogens is 422 g/mol. The quantitative estimate of drug-likeness (QED) is 0.382. The number of benzene rings is 3. The molecule has 0 amide bonds. The second-order valence-corrected chi connectivity index (χ2v) is 6.95. The molecule has 9 heteroatoms. The smallest absolute Gasteiger partial charge is 0.346 e.